The van der Waals surface area contributed by atoms with Crippen molar-refractivity contribution in [3.8, 4) is 0 Å². The zero-order valence-corrected chi connectivity index (χ0v) is 12.1. The summed E-state index contributed by atoms with van der Waals surface area (Å²) in [5.41, 5.74) is 5.08. The molecule has 5 nitrogen and oxygen atoms in total. The fourth-order valence-corrected chi connectivity index (χ4v) is 2.72. The minimum atomic E-state index is 0.381. The van der Waals surface area contributed by atoms with Crippen molar-refractivity contribution in [1.82, 2.24) is 15.0 Å². The number of nitrogens with one attached hydrogen (secondary N) is 2. The average molecular weight is 295 g/mol. The maximum absolute atomic E-state index is 10.4. The molecule has 5 heteroatoms. The minimum absolute atomic E-state index is 0.381. The van der Waals surface area contributed by atoms with Gasteiger partial charge >= 0.3 is 0 Å². The Kier molecular flexibility index (Phi) is 4.14. The molecule has 3 aromatic rings. The summed E-state index contributed by atoms with van der Waals surface area (Å²) in [6, 6.07) is 9.50. The first-order valence-electron chi connectivity index (χ1n) is 7.36. The van der Waals surface area contributed by atoms with Gasteiger partial charge in [-0.15, -0.1) is 0 Å². The van der Waals surface area contributed by atoms with Crippen LogP contribution in [0.1, 0.15) is 45.2 Å². The summed E-state index contributed by atoms with van der Waals surface area (Å²) >= 11 is 0. The highest BCUT2D eigenvalue weighted by Crippen LogP contribution is 2.20. The number of fused-ring (bicyclic) bond motifs is 2. The standard InChI is InChI=1S/C9H11NO.C8H6N2O/c11-6-8-5-7-3-1-2-4-9(7)10-8;11-5-8-9-6-3-1-2-4-7(6)10-8/h5-6,10H,1-4H2;1-5H,(H,9,10). The molecule has 22 heavy (non-hydrogen) atoms. The Hall–Kier alpha value is -2.69. The molecule has 0 radical (unpaired) electrons. The van der Waals surface area contributed by atoms with E-state index in [1.807, 2.05) is 30.3 Å². The van der Waals surface area contributed by atoms with Crippen LogP contribution in [0.2, 0.25) is 0 Å². The number of aldehydes is 2. The topological polar surface area (TPSA) is 78.6 Å². The third-order valence-electron chi connectivity index (χ3n) is 3.78. The Morgan fingerprint density at radius 3 is 2.55 bits per heavy atom. The zero-order chi connectivity index (χ0) is 15.4. The first-order chi connectivity index (χ1) is 10.8. The normalized spacial score (nSPS) is 13.1. The number of benzene rings is 1. The Labute approximate surface area is 127 Å². The molecule has 0 amide bonds. The second kappa shape index (κ2) is 6.39. The molecule has 0 bridgehead atoms. The second-order valence-electron chi connectivity index (χ2n) is 5.31. The van der Waals surface area contributed by atoms with Crippen LogP contribution in [0.15, 0.2) is 30.3 Å². The van der Waals surface area contributed by atoms with E-state index < -0.39 is 0 Å². The Morgan fingerprint density at radius 2 is 1.82 bits per heavy atom. The van der Waals surface area contributed by atoms with Crippen molar-refractivity contribution in [3.05, 3.63) is 53.1 Å². The molecule has 2 N–H and O–H groups in total. The average Bonchev–Trinajstić information content (AvgIpc) is 3.18. The van der Waals surface area contributed by atoms with Gasteiger partial charge in [-0.1, -0.05) is 12.1 Å². The van der Waals surface area contributed by atoms with Crippen molar-refractivity contribution >= 4 is 23.6 Å². The zero-order valence-electron chi connectivity index (χ0n) is 12.1. The van der Waals surface area contributed by atoms with Crippen LogP contribution in [0.3, 0.4) is 0 Å². The van der Waals surface area contributed by atoms with Gasteiger partial charge in [-0.25, -0.2) is 4.98 Å². The van der Waals surface area contributed by atoms with E-state index in [9.17, 15) is 9.59 Å². The van der Waals surface area contributed by atoms with Gasteiger partial charge < -0.3 is 9.97 Å². The number of aromatic amines is 2. The van der Waals surface area contributed by atoms with Gasteiger partial charge in [-0.05, 0) is 49.4 Å². The molecule has 0 saturated carbocycles. The Morgan fingerprint density at radius 1 is 1.00 bits per heavy atom. The molecule has 2 heterocycles. The molecule has 0 unspecified atom stereocenters. The molecule has 0 atom stereocenters. The maximum Gasteiger partial charge on any atom is 0.185 e. The fraction of sp³-hybridized carbons (Fsp3) is 0.235. The smallest absolute Gasteiger partial charge is 0.185 e. The molecule has 1 aliphatic carbocycles. The van der Waals surface area contributed by atoms with Crippen molar-refractivity contribution in [1.29, 1.82) is 0 Å². The molecule has 0 fully saturated rings. The lowest BCUT2D eigenvalue weighted by Crippen LogP contribution is -1.99. The number of rotatable bonds is 2. The molecular formula is C17H17N3O2. The van der Waals surface area contributed by atoms with Crippen LogP contribution in [-0.4, -0.2) is 27.5 Å². The third kappa shape index (κ3) is 2.98. The number of hydrogen-bond donors (Lipinski definition) is 2. The van der Waals surface area contributed by atoms with Crippen molar-refractivity contribution in [2.45, 2.75) is 25.7 Å². The Bertz CT molecular complexity index is 745. The highest BCUT2D eigenvalue weighted by molar-refractivity contribution is 5.81. The van der Waals surface area contributed by atoms with Crippen molar-refractivity contribution in [2.75, 3.05) is 0 Å². The number of carbonyl (C=O) groups excluding carboxylic acids is 2. The summed E-state index contributed by atoms with van der Waals surface area (Å²) in [7, 11) is 0. The summed E-state index contributed by atoms with van der Waals surface area (Å²) in [6.07, 6.45) is 6.37. The number of imidazole rings is 1. The van der Waals surface area contributed by atoms with Gasteiger partial charge in [0.25, 0.3) is 0 Å². The minimum Gasteiger partial charge on any atom is -0.356 e. The molecule has 0 saturated heterocycles. The summed E-state index contributed by atoms with van der Waals surface area (Å²) in [5, 5.41) is 0. The number of H-pyrrole nitrogens is 2. The van der Waals surface area contributed by atoms with E-state index in [1.54, 1.807) is 0 Å². The fourth-order valence-electron chi connectivity index (χ4n) is 2.72. The number of nitrogens with zero attached hydrogens (tertiary/aromatic N) is 1. The van der Waals surface area contributed by atoms with Gasteiger partial charge in [0, 0.05) is 5.69 Å². The lowest BCUT2D eigenvalue weighted by molar-refractivity contribution is 0.111. The first-order valence-corrected chi connectivity index (χ1v) is 7.36. The largest absolute Gasteiger partial charge is 0.356 e. The van der Waals surface area contributed by atoms with Crippen molar-refractivity contribution < 1.29 is 9.59 Å². The summed E-state index contributed by atoms with van der Waals surface area (Å²) in [5.74, 6) is 0.381. The van der Waals surface area contributed by atoms with Crippen LogP contribution < -0.4 is 0 Å². The van der Waals surface area contributed by atoms with E-state index in [0.29, 0.717) is 12.1 Å². The van der Waals surface area contributed by atoms with Gasteiger partial charge in [-0.2, -0.15) is 0 Å². The van der Waals surface area contributed by atoms with E-state index in [1.165, 1.54) is 24.1 Å². The number of hydrogen-bond acceptors (Lipinski definition) is 3. The Balaban J connectivity index is 0.000000131. The van der Waals surface area contributed by atoms with Crippen LogP contribution in [0.5, 0.6) is 0 Å². The number of aromatic nitrogens is 3. The lowest BCUT2D eigenvalue weighted by Gasteiger charge is -2.08. The van der Waals surface area contributed by atoms with Crippen molar-refractivity contribution in [2.24, 2.45) is 0 Å². The van der Waals surface area contributed by atoms with Gasteiger partial charge in [0.1, 0.15) is 0 Å². The molecule has 2 aromatic heterocycles. The van der Waals surface area contributed by atoms with Gasteiger partial charge in [0.2, 0.25) is 0 Å². The van der Waals surface area contributed by atoms with Crippen LogP contribution in [0, 0.1) is 0 Å². The molecule has 4 rings (SSSR count). The highest BCUT2D eigenvalue weighted by Gasteiger charge is 2.11. The number of para-hydroxylation sites is 2. The molecular weight excluding hydrogens is 278 g/mol. The molecule has 112 valence electrons. The van der Waals surface area contributed by atoms with E-state index in [-0.39, 0.29) is 0 Å². The van der Waals surface area contributed by atoms with E-state index >= 15 is 0 Å². The van der Waals surface area contributed by atoms with Crippen LogP contribution in [-0.2, 0) is 12.8 Å². The van der Waals surface area contributed by atoms with Gasteiger partial charge in [0.15, 0.2) is 18.4 Å². The van der Waals surface area contributed by atoms with Crippen LogP contribution in [0.25, 0.3) is 11.0 Å². The van der Waals surface area contributed by atoms with Gasteiger partial charge in [-0.3, -0.25) is 9.59 Å². The van der Waals surface area contributed by atoms with Crippen molar-refractivity contribution in [3.63, 3.8) is 0 Å². The maximum atomic E-state index is 10.4. The summed E-state index contributed by atoms with van der Waals surface area (Å²) in [4.78, 5) is 30.7. The SMILES string of the molecule is O=Cc1cc2c([nH]1)CCCC2.O=Cc1nc2ccccc2[nH]1. The predicted octanol–water partition coefficient (Wildman–Crippen LogP) is 3.08. The molecule has 0 aliphatic heterocycles. The second-order valence-corrected chi connectivity index (χ2v) is 5.31. The third-order valence-corrected chi connectivity index (χ3v) is 3.78. The van der Waals surface area contributed by atoms with E-state index in [2.05, 4.69) is 15.0 Å². The van der Waals surface area contributed by atoms with Gasteiger partial charge in [0.05, 0.1) is 16.7 Å². The first kappa shape index (κ1) is 14.3. The summed E-state index contributed by atoms with van der Waals surface area (Å²) in [6.45, 7) is 0. The molecule has 1 aromatic carbocycles. The predicted molar refractivity (Wildman–Crippen MR) is 84.3 cm³/mol. The molecule has 1 aliphatic rings. The number of aryl methyl sites for hydroxylation is 2. The molecule has 0 spiro atoms. The monoisotopic (exact) mass is 295 g/mol. The van der Waals surface area contributed by atoms with Crippen LogP contribution >= 0.6 is 0 Å². The number of carbonyl (C=O) groups is 2. The summed E-state index contributed by atoms with van der Waals surface area (Å²) < 4.78 is 0. The van der Waals surface area contributed by atoms with E-state index in [0.717, 1.165) is 35.9 Å². The lowest BCUT2D eigenvalue weighted by atomic mass is 9.98. The highest BCUT2D eigenvalue weighted by atomic mass is 16.1. The quantitative estimate of drug-likeness (QED) is 0.713. The van der Waals surface area contributed by atoms with E-state index in [4.69, 9.17) is 0 Å². The van der Waals surface area contributed by atoms with Crippen LogP contribution in [0.4, 0.5) is 0 Å².